The van der Waals surface area contributed by atoms with Gasteiger partial charge in [-0.3, -0.25) is 0 Å². The summed E-state index contributed by atoms with van der Waals surface area (Å²) in [6.07, 6.45) is 1.51. The highest BCUT2D eigenvalue weighted by molar-refractivity contribution is 7.05. The van der Waals surface area contributed by atoms with Crippen LogP contribution < -0.4 is 5.73 Å². The normalized spacial score (nSPS) is 9.29. The van der Waals surface area contributed by atoms with Gasteiger partial charge in [0.2, 0.25) is 0 Å². The maximum atomic E-state index is 5.20. The first-order valence-corrected chi connectivity index (χ1v) is 2.66. The van der Waals surface area contributed by atoms with Crippen LogP contribution in [0.5, 0.6) is 0 Å². The van der Waals surface area contributed by atoms with Crippen LogP contribution in [0.4, 0.5) is 0 Å². The summed E-state index contributed by atoms with van der Waals surface area (Å²) in [5, 5.41) is 0.889. The molecule has 0 saturated heterocycles. The lowest BCUT2D eigenvalue weighted by atomic mass is 10.7. The maximum Gasteiger partial charge on any atom is 0.129 e. The molecule has 38 valence electrons. The van der Waals surface area contributed by atoms with Crippen molar-refractivity contribution in [1.82, 2.24) is 9.36 Å². The van der Waals surface area contributed by atoms with E-state index in [-0.39, 0.29) is 0 Å². The minimum atomic E-state index is 0.505. The van der Waals surface area contributed by atoms with Crippen LogP contribution in [0, 0.1) is 0 Å². The van der Waals surface area contributed by atoms with Crippen LogP contribution in [0.2, 0.25) is 0 Å². The minimum Gasteiger partial charge on any atom is -0.324 e. The van der Waals surface area contributed by atoms with Gasteiger partial charge >= 0.3 is 0 Å². The summed E-state index contributed by atoms with van der Waals surface area (Å²) in [6.45, 7) is 0.505. The van der Waals surface area contributed by atoms with Crippen molar-refractivity contribution in [1.29, 1.82) is 0 Å². The fourth-order valence-electron chi connectivity index (χ4n) is 0.286. The largest absolute Gasteiger partial charge is 0.324 e. The zero-order chi connectivity index (χ0) is 5.11. The second-order valence-corrected chi connectivity index (χ2v) is 1.90. The average Bonchev–Trinajstić information content (AvgIpc) is 2.14. The molecule has 0 aliphatic heterocycles. The third-order valence-corrected chi connectivity index (χ3v) is 1.26. The molecule has 0 unspecified atom stereocenters. The Morgan fingerprint density at radius 2 is 2.71 bits per heavy atom. The van der Waals surface area contributed by atoms with E-state index >= 15 is 0 Å². The van der Waals surface area contributed by atoms with E-state index in [1.165, 1.54) is 17.9 Å². The molecule has 0 atom stereocenters. The molecule has 0 aliphatic carbocycles. The Labute approximate surface area is 45.4 Å². The summed E-state index contributed by atoms with van der Waals surface area (Å²) in [4.78, 5) is 3.82. The molecule has 1 aromatic rings. The van der Waals surface area contributed by atoms with E-state index in [2.05, 4.69) is 9.36 Å². The molecule has 0 radical (unpaired) electrons. The van der Waals surface area contributed by atoms with E-state index < -0.39 is 0 Å². The zero-order valence-corrected chi connectivity index (χ0v) is 4.48. The molecular weight excluding hydrogens is 110 g/mol. The third kappa shape index (κ3) is 0.942. The average molecular weight is 115 g/mol. The lowest BCUT2D eigenvalue weighted by Gasteiger charge is -1.75. The Bertz CT molecular complexity index is 125. The molecule has 1 heterocycles. The van der Waals surface area contributed by atoms with Crippen LogP contribution in [0.25, 0.3) is 0 Å². The fourth-order valence-corrected chi connectivity index (χ4v) is 0.671. The SMILES string of the molecule is NCc1ncns1. The molecule has 0 saturated carbocycles. The quantitative estimate of drug-likeness (QED) is 0.560. The smallest absolute Gasteiger partial charge is 0.129 e. The van der Waals surface area contributed by atoms with Gasteiger partial charge in [0.25, 0.3) is 0 Å². The molecule has 3 nitrogen and oxygen atoms in total. The van der Waals surface area contributed by atoms with E-state index in [4.69, 9.17) is 5.73 Å². The molecule has 1 rings (SSSR count). The van der Waals surface area contributed by atoms with E-state index in [0.29, 0.717) is 6.54 Å². The van der Waals surface area contributed by atoms with Crippen molar-refractivity contribution in [2.24, 2.45) is 5.73 Å². The fraction of sp³-hybridized carbons (Fsp3) is 0.333. The van der Waals surface area contributed by atoms with Crippen molar-refractivity contribution in [3.63, 3.8) is 0 Å². The topological polar surface area (TPSA) is 51.8 Å². The summed E-state index contributed by atoms with van der Waals surface area (Å²) >= 11 is 1.34. The summed E-state index contributed by atoms with van der Waals surface area (Å²) < 4.78 is 3.74. The third-order valence-electron chi connectivity index (χ3n) is 0.582. The lowest BCUT2D eigenvalue weighted by Crippen LogP contribution is -1.93. The first kappa shape index (κ1) is 4.67. The van der Waals surface area contributed by atoms with Crippen molar-refractivity contribution in [2.45, 2.75) is 6.54 Å². The van der Waals surface area contributed by atoms with Gasteiger partial charge < -0.3 is 5.73 Å². The number of nitrogens with two attached hydrogens (primary N) is 1. The first-order valence-electron chi connectivity index (χ1n) is 1.89. The number of nitrogens with zero attached hydrogens (tertiary/aromatic N) is 2. The van der Waals surface area contributed by atoms with Crippen LogP contribution in [-0.2, 0) is 6.54 Å². The summed E-state index contributed by atoms with van der Waals surface area (Å²) in [5.74, 6) is 0. The first-order chi connectivity index (χ1) is 3.43. The Morgan fingerprint density at radius 3 is 3.00 bits per heavy atom. The molecule has 2 N–H and O–H groups in total. The van der Waals surface area contributed by atoms with Crippen molar-refractivity contribution < 1.29 is 0 Å². The van der Waals surface area contributed by atoms with Gasteiger partial charge in [-0.15, -0.1) is 0 Å². The van der Waals surface area contributed by atoms with Gasteiger partial charge in [0.1, 0.15) is 11.3 Å². The molecule has 0 aliphatic rings. The molecular formula is C3H5N3S. The molecule has 0 fully saturated rings. The molecule has 0 amide bonds. The van der Waals surface area contributed by atoms with E-state index in [1.807, 2.05) is 0 Å². The Hall–Kier alpha value is -0.480. The van der Waals surface area contributed by atoms with Crippen LogP contribution in [0.15, 0.2) is 6.33 Å². The molecule has 7 heavy (non-hydrogen) atoms. The van der Waals surface area contributed by atoms with E-state index in [9.17, 15) is 0 Å². The Balaban J connectivity index is 2.76. The van der Waals surface area contributed by atoms with Gasteiger partial charge in [0.05, 0.1) is 0 Å². The van der Waals surface area contributed by atoms with E-state index in [1.54, 1.807) is 0 Å². The second kappa shape index (κ2) is 1.99. The molecule has 0 bridgehead atoms. The maximum absolute atomic E-state index is 5.20. The van der Waals surface area contributed by atoms with Gasteiger partial charge in [-0.2, -0.15) is 4.37 Å². The van der Waals surface area contributed by atoms with E-state index in [0.717, 1.165) is 5.01 Å². The molecule has 1 aromatic heterocycles. The Morgan fingerprint density at radius 1 is 1.86 bits per heavy atom. The molecule has 4 heteroatoms. The van der Waals surface area contributed by atoms with Crippen LogP contribution in [0.3, 0.4) is 0 Å². The lowest BCUT2D eigenvalue weighted by molar-refractivity contribution is 1.04. The predicted molar refractivity (Wildman–Crippen MR) is 27.8 cm³/mol. The highest BCUT2D eigenvalue weighted by Gasteiger charge is 1.86. The van der Waals surface area contributed by atoms with Crippen molar-refractivity contribution in [3.8, 4) is 0 Å². The summed E-state index contributed by atoms with van der Waals surface area (Å²) in [7, 11) is 0. The van der Waals surface area contributed by atoms with Crippen molar-refractivity contribution >= 4 is 11.5 Å². The van der Waals surface area contributed by atoms with Gasteiger partial charge in [-0.25, -0.2) is 4.98 Å². The van der Waals surface area contributed by atoms with Crippen molar-refractivity contribution in [2.75, 3.05) is 0 Å². The second-order valence-electron chi connectivity index (χ2n) is 1.04. The van der Waals surface area contributed by atoms with Gasteiger partial charge in [0.15, 0.2) is 0 Å². The van der Waals surface area contributed by atoms with Crippen molar-refractivity contribution in [3.05, 3.63) is 11.3 Å². The van der Waals surface area contributed by atoms with Crippen LogP contribution in [0.1, 0.15) is 5.01 Å². The van der Waals surface area contributed by atoms with Crippen LogP contribution >= 0.6 is 11.5 Å². The summed E-state index contributed by atoms with van der Waals surface area (Å²) in [5.41, 5.74) is 5.20. The summed E-state index contributed by atoms with van der Waals surface area (Å²) in [6, 6.07) is 0. The Kier molecular flexibility index (Phi) is 1.33. The van der Waals surface area contributed by atoms with Crippen LogP contribution in [-0.4, -0.2) is 9.36 Å². The van der Waals surface area contributed by atoms with Gasteiger partial charge in [-0.1, -0.05) is 0 Å². The number of hydrogen-bond donors (Lipinski definition) is 1. The number of hydrogen-bond acceptors (Lipinski definition) is 4. The monoisotopic (exact) mass is 115 g/mol. The number of rotatable bonds is 1. The standard InChI is InChI=1S/C3H5N3S/c4-1-3-5-2-6-7-3/h2H,1,4H2. The number of aromatic nitrogens is 2. The highest BCUT2D eigenvalue weighted by atomic mass is 32.1. The van der Waals surface area contributed by atoms with Gasteiger partial charge in [0, 0.05) is 6.54 Å². The molecule has 0 aromatic carbocycles. The predicted octanol–water partition coefficient (Wildman–Crippen LogP) is -0.00320. The zero-order valence-electron chi connectivity index (χ0n) is 3.66. The van der Waals surface area contributed by atoms with Gasteiger partial charge in [-0.05, 0) is 11.5 Å². The minimum absolute atomic E-state index is 0.505. The highest BCUT2D eigenvalue weighted by Crippen LogP contribution is 1.94. The molecule has 0 spiro atoms.